The van der Waals surface area contributed by atoms with Gasteiger partial charge in [-0.05, 0) is 30.0 Å². The lowest BCUT2D eigenvalue weighted by Crippen LogP contribution is -2.43. The van der Waals surface area contributed by atoms with Gasteiger partial charge in [0.1, 0.15) is 16.5 Å². The largest absolute Gasteiger partial charge is 0.369 e. The van der Waals surface area contributed by atoms with E-state index in [1.807, 2.05) is 6.07 Å². The highest BCUT2D eigenvalue weighted by molar-refractivity contribution is 7.90. The van der Waals surface area contributed by atoms with Gasteiger partial charge in [0.05, 0.1) is 10.5 Å². The van der Waals surface area contributed by atoms with Crippen molar-refractivity contribution in [1.82, 2.24) is 4.98 Å². The second kappa shape index (κ2) is 7.41. The number of nitrogens with two attached hydrogens (primary N) is 1. The van der Waals surface area contributed by atoms with Crippen LogP contribution in [0.4, 0.5) is 0 Å². The van der Waals surface area contributed by atoms with Crippen molar-refractivity contribution in [1.29, 1.82) is 5.26 Å². The van der Waals surface area contributed by atoms with E-state index in [1.54, 1.807) is 17.6 Å². The number of nitriles is 1. The highest BCUT2D eigenvalue weighted by atomic mass is 32.2. The molecule has 1 heterocycles. The minimum atomic E-state index is -3.56. The summed E-state index contributed by atoms with van der Waals surface area (Å²) in [5.41, 5.74) is 5.30. The van der Waals surface area contributed by atoms with Crippen LogP contribution >= 0.6 is 11.3 Å². The van der Waals surface area contributed by atoms with E-state index < -0.39 is 21.2 Å². The molecule has 142 valence electrons. The summed E-state index contributed by atoms with van der Waals surface area (Å²) in [5, 5.41) is 11.9. The van der Waals surface area contributed by atoms with Gasteiger partial charge in [0.25, 0.3) is 0 Å². The van der Waals surface area contributed by atoms with Crippen LogP contribution in [0.25, 0.3) is 0 Å². The summed E-state index contributed by atoms with van der Waals surface area (Å²) in [6.07, 6.45) is 7.48. The van der Waals surface area contributed by atoms with Gasteiger partial charge >= 0.3 is 0 Å². The summed E-state index contributed by atoms with van der Waals surface area (Å²) < 4.78 is 23.9. The van der Waals surface area contributed by atoms with Crippen molar-refractivity contribution in [2.45, 2.75) is 42.4 Å². The van der Waals surface area contributed by atoms with Crippen LogP contribution in [0.1, 0.15) is 48.2 Å². The van der Waals surface area contributed by atoms with Gasteiger partial charge in [0.2, 0.25) is 5.91 Å². The third-order valence-electron chi connectivity index (χ3n) is 5.28. The molecule has 1 atom stereocenters. The van der Waals surface area contributed by atoms with Gasteiger partial charge < -0.3 is 5.73 Å². The standard InChI is InChI=1S/C19H21N3O3S2/c1-27(24,25)16-7-6-15(10-14(16)12-20)19(17(21)23,18-22-8-9-26-18)11-13-4-2-3-5-13/h6-10,13H,2-5,11H2,1H3,(H2,21,23). The number of primary amides is 1. The number of amides is 1. The third kappa shape index (κ3) is 3.62. The quantitative estimate of drug-likeness (QED) is 0.796. The van der Waals surface area contributed by atoms with Gasteiger partial charge in [-0.1, -0.05) is 31.7 Å². The number of aromatic nitrogens is 1. The number of rotatable bonds is 6. The smallest absolute Gasteiger partial charge is 0.235 e. The van der Waals surface area contributed by atoms with E-state index in [9.17, 15) is 18.5 Å². The zero-order chi connectivity index (χ0) is 19.7. The predicted octanol–water partition coefficient (Wildman–Crippen LogP) is 2.77. The minimum Gasteiger partial charge on any atom is -0.369 e. The molecule has 0 aliphatic heterocycles. The van der Waals surface area contributed by atoms with Crippen LogP contribution in [0.5, 0.6) is 0 Å². The number of thiazole rings is 1. The Morgan fingerprint density at radius 1 is 1.41 bits per heavy atom. The first kappa shape index (κ1) is 19.5. The number of carbonyl (C=O) groups excluding carboxylic acids is 1. The van der Waals surface area contributed by atoms with Gasteiger partial charge in [-0.3, -0.25) is 4.79 Å². The van der Waals surface area contributed by atoms with E-state index in [-0.39, 0.29) is 10.5 Å². The molecule has 1 fully saturated rings. The molecule has 1 aromatic carbocycles. The molecule has 0 radical (unpaired) electrons. The Bertz CT molecular complexity index is 988. The van der Waals surface area contributed by atoms with Crippen molar-refractivity contribution in [2.24, 2.45) is 11.7 Å². The number of sulfone groups is 1. The van der Waals surface area contributed by atoms with Crippen LogP contribution in [0, 0.1) is 17.2 Å². The van der Waals surface area contributed by atoms with Crippen LogP contribution in [-0.4, -0.2) is 25.6 Å². The molecule has 6 nitrogen and oxygen atoms in total. The normalized spacial score (nSPS) is 17.3. The van der Waals surface area contributed by atoms with Gasteiger partial charge in [-0.25, -0.2) is 13.4 Å². The van der Waals surface area contributed by atoms with Crippen LogP contribution < -0.4 is 5.73 Å². The first-order valence-electron chi connectivity index (χ1n) is 8.73. The fourth-order valence-corrected chi connectivity index (χ4v) is 5.66. The molecule has 0 spiro atoms. The van der Waals surface area contributed by atoms with E-state index in [0.29, 0.717) is 22.9 Å². The lowest BCUT2D eigenvalue weighted by molar-refractivity contribution is -0.122. The highest BCUT2D eigenvalue weighted by Gasteiger charge is 2.45. The Balaban J connectivity index is 2.21. The second-order valence-electron chi connectivity index (χ2n) is 7.06. The summed E-state index contributed by atoms with van der Waals surface area (Å²) in [4.78, 5) is 17.1. The molecule has 1 aromatic heterocycles. The zero-order valence-corrected chi connectivity index (χ0v) is 16.6. The topological polar surface area (TPSA) is 114 Å². The van der Waals surface area contributed by atoms with Crippen molar-refractivity contribution in [3.8, 4) is 6.07 Å². The second-order valence-corrected chi connectivity index (χ2v) is 9.94. The minimum absolute atomic E-state index is 0.0172. The molecular formula is C19H21N3O3S2. The van der Waals surface area contributed by atoms with Crippen molar-refractivity contribution in [3.05, 3.63) is 45.9 Å². The maximum atomic E-state index is 12.8. The Morgan fingerprint density at radius 2 is 2.11 bits per heavy atom. The summed E-state index contributed by atoms with van der Waals surface area (Å²) in [6, 6.07) is 6.42. The number of carbonyl (C=O) groups is 1. The predicted molar refractivity (Wildman–Crippen MR) is 103 cm³/mol. The van der Waals surface area contributed by atoms with Crippen LogP contribution in [-0.2, 0) is 20.0 Å². The molecule has 8 heteroatoms. The van der Waals surface area contributed by atoms with E-state index in [1.165, 1.54) is 23.5 Å². The van der Waals surface area contributed by atoms with Gasteiger partial charge in [-0.2, -0.15) is 5.26 Å². The Morgan fingerprint density at radius 3 is 2.63 bits per heavy atom. The van der Waals surface area contributed by atoms with Crippen molar-refractivity contribution in [2.75, 3.05) is 6.26 Å². The van der Waals surface area contributed by atoms with Crippen LogP contribution in [0.15, 0.2) is 34.7 Å². The van der Waals surface area contributed by atoms with E-state index in [4.69, 9.17) is 5.73 Å². The van der Waals surface area contributed by atoms with E-state index in [0.717, 1.165) is 31.9 Å². The molecule has 1 unspecified atom stereocenters. The molecule has 0 saturated heterocycles. The van der Waals surface area contributed by atoms with Gasteiger partial charge in [0.15, 0.2) is 9.84 Å². The molecule has 2 aromatic rings. The molecule has 1 aliphatic rings. The highest BCUT2D eigenvalue weighted by Crippen LogP contribution is 2.44. The molecule has 1 aliphatic carbocycles. The first-order valence-corrected chi connectivity index (χ1v) is 11.5. The molecule has 2 N–H and O–H groups in total. The van der Waals surface area contributed by atoms with Crippen molar-refractivity contribution >= 4 is 27.1 Å². The Labute approximate surface area is 163 Å². The fourth-order valence-electron chi connectivity index (χ4n) is 3.96. The first-order chi connectivity index (χ1) is 12.8. The number of nitrogens with zero attached hydrogens (tertiary/aromatic N) is 2. The summed E-state index contributed by atoms with van der Waals surface area (Å²) in [6.45, 7) is 0. The maximum absolute atomic E-state index is 12.8. The SMILES string of the molecule is CS(=O)(=O)c1ccc(C(CC2CCCC2)(C(N)=O)c2nccs2)cc1C#N. The number of hydrogen-bond acceptors (Lipinski definition) is 6. The maximum Gasteiger partial charge on any atom is 0.235 e. The molecule has 27 heavy (non-hydrogen) atoms. The zero-order valence-electron chi connectivity index (χ0n) is 15.0. The average Bonchev–Trinajstić information content (AvgIpc) is 3.31. The van der Waals surface area contributed by atoms with E-state index >= 15 is 0 Å². The average molecular weight is 404 g/mol. The molecule has 1 saturated carbocycles. The van der Waals surface area contributed by atoms with Crippen LogP contribution in [0.3, 0.4) is 0 Å². The fraction of sp³-hybridized carbons (Fsp3) is 0.421. The van der Waals surface area contributed by atoms with Crippen molar-refractivity contribution in [3.63, 3.8) is 0 Å². The third-order valence-corrected chi connectivity index (χ3v) is 7.37. The Kier molecular flexibility index (Phi) is 5.36. The summed E-state index contributed by atoms with van der Waals surface area (Å²) in [5.74, 6) is -0.193. The Hall–Kier alpha value is -2.24. The lowest BCUT2D eigenvalue weighted by atomic mass is 9.72. The summed E-state index contributed by atoms with van der Waals surface area (Å²) in [7, 11) is -3.56. The molecular weight excluding hydrogens is 382 g/mol. The number of benzene rings is 1. The van der Waals surface area contributed by atoms with Crippen LogP contribution in [0.2, 0.25) is 0 Å². The lowest BCUT2D eigenvalue weighted by Gasteiger charge is -2.32. The van der Waals surface area contributed by atoms with Gasteiger partial charge in [0, 0.05) is 17.8 Å². The molecule has 1 amide bonds. The summed E-state index contributed by atoms with van der Waals surface area (Å²) >= 11 is 1.35. The monoisotopic (exact) mass is 403 g/mol. The molecule has 0 bridgehead atoms. The van der Waals surface area contributed by atoms with Gasteiger partial charge in [-0.15, -0.1) is 11.3 Å². The molecule has 3 rings (SSSR count). The van der Waals surface area contributed by atoms with E-state index in [2.05, 4.69) is 4.98 Å². The van der Waals surface area contributed by atoms with Crippen molar-refractivity contribution < 1.29 is 13.2 Å². The number of hydrogen-bond donors (Lipinski definition) is 1.